The molecule has 2 saturated heterocycles. The molecule has 0 bridgehead atoms. The van der Waals surface area contributed by atoms with Gasteiger partial charge in [0.15, 0.2) is 0 Å². The number of nitrogens with zero attached hydrogens (tertiary/aromatic N) is 2. The van der Waals surface area contributed by atoms with Crippen LogP contribution in [0.25, 0.3) is 0 Å². The molecule has 0 spiro atoms. The molecule has 2 atom stereocenters. The zero-order valence-electron chi connectivity index (χ0n) is 21.3. The third-order valence-corrected chi connectivity index (χ3v) is 6.07. The van der Waals surface area contributed by atoms with Crippen molar-refractivity contribution < 1.29 is 23.7 Å². The minimum Gasteiger partial charge on any atom is -0.491 e. The Hall–Kier alpha value is -4.46. The van der Waals surface area contributed by atoms with Gasteiger partial charge in [-0.1, -0.05) is 0 Å². The van der Waals surface area contributed by atoms with Crippen molar-refractivity contribution in [2.75, 3.05) is 26.4 Å². The van der Waals surface area contributed by atoms with E-state index in [-0.39, 0.29) is 12.2 Å². The number of benzene rings is 4. The molecule has 2 aliphatic heterocycles. The summed E-state index contributed by atoms with van der Waals surface area (Å²) in [6.45, 7) is 2.78. The molecule has 4 aromatic rings. The lowest BCUT2D eigenvalue weighted by molar-refractivity contribution is 0.263. The molecule has 4 aromatic carbocycles. The maximum Gasteiger partial charge on any atom is 0.127 e. The van der Waals surface area contributed by atoms with Gasteiger partial charge in [-0.25, -0.2) is 0 Å². The average Bonchev–Trinajstić information content (AvgIpc) is 3.91. The van der Waals surface area contributed by atoms with Crippen LogP contribution in [0, 0.1) is 0 Å². The molecule has 0 aromatic heterocycles. The number of epoxide rings is 2. The predicted molar refractivity (Wildman–Crippen MR) is 151 cm³/mol. The van der Waals surface area contributed by atoms with Gasteiger partial charge in [0.1, 0.15) is 48.4 Å². The molecule has 2 unspecified atom stereocenters. The number of hydrogen-bond donors (Lipinski definition) is 0. The van der Waals surface area contributed by atoms with E-state index < -0.39 is 0 Å². The second-order valence-electron chi connectivity index (χ2n) is 9.28. The quantitative estimate of drug-likeness (QED) is 0.157. The fourth-order valence-electron chi connectivity index (χ4n) is 3.64. The molecule has 2 heterocycles. The lowest BCUT2D eigenvalue weighted by atomic mass is 10.2. The van der Waals surface area contributed by atoms with Gasteiger partial charge in [0.25, 0.3) is 0 Å². The molecule has 7 heteroatoms. The van der Waals surface area contributed by atoms with Crippen LogP contribution in [0.5, 0.6) is 23.0 Å². The van der Waals surface area contributed by atoms with Crippen molar-refractivity contribution in [2.45, 2.75) is 12.2 Å². The second-order valence-corrected chi connectivity index (χ2v) is 9.28. The summed E-state index contributed by atoms with van der Waals surface area (Å²) in [6, 6.07) is 31.0. The van der Waals surface area contributed by atoms with E-state index in [0.717, 1.165) is 58.7 Å². The maximum atomic E-state index is 5.98. The molecule has 7 nitrogen and oxygen atoms in total. The van der Waals surface area contributed by atoms with Gasteiger partial charge in [-0.05, 0) is 108 Å². The molecule has 2 fully saturated rings. The van der Waals surface area contributed by atoms with Crippen molar-refractivity contribution in [1.82, 2.24) is 0 Å². The fraction of sp³-hybridized carbons (Fsp3) is 0.188. The van der Waals surface area contributed by atoms with Gasteiger partial charge < -0.3 is 23.7 Å². The van der Waals surface area contributed by atoms with Crippen LogP contribution in [-0.4, -0.2) is 51.1 Å². The zero-order chi connectivity index (χ0) is 26.3. The first-order valence-corrected chi connectivity index (χ1v) is 12.9. The highest BCUT2D eigenvalue weighted by Gasteiger charge is 2.23. The fourth-order valence-corrected chi connectivity index (χ4v) is 3.64. The average molecular weight is 521 g/mol. The first-order chi connectivity index (χ1) is 19.2. The molecule has 2 aliphatic rings. The number of ether oxygens (including phenoxy) is 5. The summed E-state index contributed by atoms with van der Waals surface area (Å²) in [6.07, 6.45) is 4.16. The van der Waals surface area contributed by atoms with Crippen molar-refractivity contribution >= 4 is 23.8 Å². The Morgan fingerprint density at radius 3 is 1.26 bits per heavy atom. The van der Waals surface area contributed by atoms with Crippen LogP contribution in [0.3, 0.4) is 0 Å². The first-order valence-electron chi connectivity index (χ1n) is 12.9. The summed E-state index contributed by atoms with van der Waals surface area (Å²) >= 11 is 0. The van der Waals surface area contributed by atoms with Crippen LogP contribution in [0.2, 0.25) is 0 Å². The predicted octanol–water partition coefficient (Wildman–Crippen LogP) is 6.54. The number of aliphatic imine (C=N–C) groups is 2. The van der Waals surface area contributed by atoms with Crippen molar-refractivity contribution in [3.63, 3.8) is 0 Å². The Morgan fingerprint density at radius 1 is 0.538 bits per heavy atom. The Morgan fingerprint density at radius 2 is 0.897 bits per heavy atom. The van der Waals surface area contributed by atoms with E-state index in [1.807, 2.05) is 109 Å². The standard InChI is InChI=1S/C32H28N2O5/c1-9-27(35-19-31-21-37-31)10-2-23(1)17-33-25-5-13-29(14-6-25)39-30-15-7-26(8-16-30)34-18-24-3-11-28(12-4-24)36-20-32-22-38-32/h1-18,31-32H,19-22H2. The molecule has 0 radical (unpaired) electrons. The Bertz CT molecular complexity index is 1300. The van der Waals surface area contributed by atoms with Crippen LogP contribution in [-0.2, 0) is 9.47 Å². The molecular formula is C32H28N2O5. The van der Waals surface area contributed by atoms with Gasteiger partial charge in [-0.3, -0.25) is 9.98 Å². The number of rotatable bonds is 12. The summed E-state index contributed by atoms with van der Waals surface area (Å²) in [5.74, 6) is 3.14. The van der Waals surface area contributed by atoms with Crippen molar-refractivity contribution in [3.8, 4) is 23.0 Å². The molecule has 0 saturated carbocycles. The topological polar surface area (TPSA) is 77.5 Å². The molecule has 0 N–H and O–H groups in total. The smallest absolute Gasteiger partial charge is 0.127 e. The second kappa shape index (κ2) is 11.9. The lowest BCUT2D eigenvalue weighted by Crippen LogP contribution is -2.03. The highest BCUT2D eigenvalue weighted by atomic mass is 16.6. The van der Waals surface area contributed by atoms with Gasteiger partial charge in [0.2, 0.25) is 0 Å². The normalized spacial score (nSPS) is 17.8. The zero-order valence-corrected chi connectivity index (χ0v) is 21.3. The SMILES string of the molecule is C(=Nc1ccc(Oc2ccc(N=Cc3ccc(OCC4CO4)cc3)cc2)cc1)c1ccc(OCC2CO2)cc1. The van der Waals surface area contributed by atoms with E-state index in [4.69, 9.17) is 23.7 Å². The van der Waals surface area contributed by atoms with Crippen LogP contribution in [0.4, 0.5) is 11.4 Å². The van der Waals surface area contributed by atoms with Gasteiger partial charge in [-0.15, -0.1) is 0 Å². The van der Waals surface area contributed by atoms with Crippen LogP contribution in [0.1, 0.15) is 11.1 Å². The van der Waals surface area contributed by atoms with E-state index in [0.29, 0.717) is 13.2 Å². The highest BCUT2D eigenvalue weighted by Crippen LogP contribution is 2.26. The Balaban J connectivity index is 0.977. The Labute approximate surface area is 227 Å². The van der Waals surface area contributed by atoms with Crippen LogP contribution < -0.4 is 14.2 Å². The Kier molecular flexibility index (Phi) is 7.61. The largest absolute Gasteiger partial charge is 0.491 e. The van der Waals surface area contributed by atoms with Crippen LogP contribution >= 0.6 is 0 Å². The minimum atomic E-state index is 0.250. The summed E-state index contributed by atoms with van der Waals surface area (Å²) in [5, 5.41) is 0. The van der Waals surface area contributed by atoms with E-state index in [1.165, 1.54) is 0 Å². The van der Waals surface area contributed by atoms with Gasteiger partial charge >= 0.3 is 0 Å². The van der Waals surface area contributed by atoms with Gasteiger partial charge in [-0.2, -0.15) is 0 Å². The summed E-state index contributed by atoms with van der Waals surface area (Å²) < 4.78 is 27.6. The van der Waals surface area contributed by atoms with Gasteiger partial charge in [0, 0.05) is 12.4 Å². The van der Waals surface area contributed by atoms with Crippen molar-refractivity contribution in [2.24, 2.45) is 9.98 Å². The van der Waals surface area contributed by atoms with Crippen molar-refractivity contribution in [3.05, 3.63) is 108 Å². The van der Waals surface area contributed by atoms with E-state index in [9.17, 15) is 0 Å². The molecule has 0 amide bonds. The van der Waals surface area contributed by atoms with Crippen LogP contribution in [0.15, 0.2) is 107 Å². The van der Waals surface area contributed by atoms with E-state index in [1.54, 1.807) is 0 Å². The first kappa shape index (κ1) is 24.9. The lowest BCUT2D eigenvalue weighted by Gasteiger charge is -2.06. The summed E-state index contributed by atoms with van der Waals surface area (Å²) in [4.78, 5) is 9.10. The third-order valence-electron chi connectivity index (χ3n) is 6.07. The summed E-state index contributed by atoms with van der Waals surface area (Å²) in [7, 11) is 0. The maximum absolute atomic E-state index is 5.98. The molecule has 0 aliphatic carbocycles. The minimum absolute atomic E-state index is 0.250. The molecular weight excluding hydrogens is 492 g/mol. The third kappa shape index (κ3) is 7.77. The number of hydrogen-bond acceptors (Lipinski definition) is 7. The van der Waals surface area contributed by atoms with Crippen molar-refractivity contribution in [1.29, 1.82) is 0 Å². The monoisotopic (exact) mass is 520 g/mol. The van der Waals surface area contributed by atoms with E-state index >= 15 is 0 Å². The molecule has 6 rings (SSSR count). The summed E-state index contributed by atoms with van der Waals surface area (Å²) in [5.41, 5.74) is 3.68. The van der Waals surface area contributed by atoms with Gasteiger partial charge in [0.05, 0.1) is 24.6 Å². The van der Waals surface area contributed by atoms with E-state index in [2.05, 4.69) is 9.98 Å². The molecule has 196 valence electrons. The molecule has 39 heavy (non-hydrogen) atoms. The highest BCUT2D eigenvalue weighted by molar-refractivity contribution is 5.82.